The molecule has 3 aromatic rings. The fraction of sp³-hybridized carbons (Fsp3) is 0.174. The summed E-state index contributed by atoms with van der Waals surface area (Å²) in [5, 5.41) is 17.9. The lowest BCUT2D eigenvalue weighted by Gasteiger charge is -2.16. The van der Waals surface area contributed by atoms with Gasteiger partial charge in [0, 0.05) is 18.0 Å². The van der Waals surface area contributed by atoms with Crippen LogP contribution in [-0.2, 0) is 11.3 Å². The van der Waals surface area contributed by atoms with Crippen LogP contribution in [0.1, 0.15) is 25.6 Å². The maximum absolute atomic E-state index is 14.6. The molecule has 0 saturated heterocycles. The number of urea groups is 1. The van der Waals surface area contributed by atoms with Crippen LogP contribution in [0.2, 0.25) is 0 Å². The third-order valence-corrected chi connectivity index (χ3v) is 5.95. The number of hydrogen-bond acceptors (Lipinski definition) is 8. The van der Waals surface area contributed by atoms with E-state index in [0.717, 1.165) is 36.6 Å². The van der Waals surface area contributed by atoms with E-state index in [1.54, 1.807) is 0 Å². The lowest BCUT2D eigenvalue weighted by atomic mass is 10.1. The first kappa shape index (κ1) is 27.1. The Morgan fingerprint density at radius 3 is 2.22 bits per heavy atom. The molecule has 10 nitrogen and oxygen atoms in total. The van der Waals surface area contributed by atoms with Crippen LogP contribution in [0.25, 0.3) is 0 Å². The van der Waals surface area contributed by atoms with Crippen LogP contribution in [0, 0.1) is 17.5 Å². The number of ether oxygens (including phenoxy) is 3. The molecule has 0 saturated carbocycles. The number of benzene rings is 2. The Balaban J connectivity index is 1.84. The highest BCUT2D eigenvalue weighted by Gasteiger charge is 2.25. The minimum absolute atomic E-state index is 0.00652. The Bertz CT molecular complexity index is 1360. The molecule has 37 heavy (non-hydrogen) atoms. The van der Waals surface area contributed by atoms with E-state index < -0.39 is 41.0 Å². The quantitative estimate of drug-likeness (QED) is 0.282. The van der Waals surface area contributed by atoms with Gasteiger partial charge in [-0.1, -0.05) is 0 Å². The number of amides is 2. The van der Waals surface area contributed by atoms with E-state index in [4.69, 9.17) is 9.47 Å². The highest BCUT2D eigenvalue weighted by Crippen LogP contribution is 2.33. The number of carbonyl (C=O) groups excluding carboxylic acids is 2. The molecule has 0 fully saturated rings. The third-order valence-electron chi connectivity index (χ3n) is 4.99. The third kappa shape index (κ3) is 5.86. The number of anilines is 3. The number of esters is 1. The number of halogens is 3. The van der Waals surface area contributed by atoms with Crippen LogP contribution in [0.3, 0.4) is 0 Å². The van der Waals surface area contributed by atoms with Crippen molar-refractivity contribution in [2.24, 2.45) is 0 Å². The summed E-state index contributed by atoms with van der Waals surface area (Å²) >= 11 is 0.740. The molecule has 0 aliphatic heterocycles. The summed E-state index contributed by atoms with van der Waals surface area (Å²) in [6.07, 6.45) is 0. The number of carboxylic acids is 1. The van der Waals surface area contributed by atoms with Crippen molar-refractivity contribution in [2.45, 2.75) is 6.54 Å². The van der Waals surface area contributed by atoms with Crippen LogP contribution in [-0.4, -0.2) is 44.4 Å². The van der Waals surface area contributed by atoms with Gasteiger partial charge in [-0.05, 0) is 18.2 Å². The second-order valence-electron chi connectivity index (χ2n) is 7.16. The van der Waals surface area contributed by atoms with E-state index in [9.17, 15) is 32.7 Å². The number of methoxy groups -OCH3 is 3. The molecule has 0 bridgehead atoms. The van der Waals surface area contributed by atoms with Gasteiger partial charge in [-0.3, -0.25) is 0 Å². The summed E-state index contributed by atoms with van der Waals surface area (Å²) < 4.78 is 57.4. The van der Waals surface area contributed by atoms with E-state index in [2.05, 4.69) is 20.7 Å². The number of carboxylic acid groups (broad SMARTS) is 1. The number of aromatic carboxylic acids is 1. The van der Waals surface area contributed by atoms with Gasteiger partial charge in [0.05, 0.1) is 44.0 Å². The van der Waals surface area contributed by atoms with Gasteiger partial charge in [0.1, 0.15) is 21.9 Å². The predicted octanol–water partition coefficient (Wildman–Crippen LogP) is 4.92. The zero-order chi connectivity index (χ0) is 27.3. The molecule has 2 aromatic carbocycles. The summed E-state index contributed by atoms with van der Waals surface area (Å²) in [6, 6.07) is 3.22. The molecule has 1 heterocycles. The summed E-state index contributed by atoms with van der Waals surface area (Å²) in [6.45, 7) is -0.284. The van der Waals surface area contributed by atoms with Crippen molar-refractivity contribution in [1.82, 2.24) is 0 Å². The molecule has 0 aliphatic carbocycles. The van der Waals surface area contributed by atoms with Gasteiger partial charge in [-0.2, -0.15) is 0 Å². The van der Waals surface area contributed by atoms with Crippen LogP contribution >= 0.6 is 11.3 Å². The molecular formula is C23H20F3N3O7S. The molecule has 14 heteroatoms. The van der Waals surface area contributed by atoms with Gasteiger partial charge in [0.2, 0.25) is 0 Å². The first-order valence-corrected chi connectivity index (χ1v) is 11.1. The van der Waals surface area contributed by atoms with Gasteiger partial charge in [0.15, 0.2) is 17.5 Å². The maximum atomic E-state index is 14.6. The second kappa shape index (κ2) is 11.5. The van der Waals surface area contributed by atoms with E-state index in [1.165, 1.54) is 25.7 Å². The lowest BCUT2D eigenvalue weighted by molar-refractivity contribution is 0.0589. The fourth-order valence-corrected chi connectivity index (χ4v) is 4.16. The molecule has 196 valence electrons. The Morgan fingerprint density at radius 2 is 1.59 bits per heavy atom. The van der Waals surface area contributed by atoms with E-state index >= 15 is 0 Å². The van der Waals surface area contributed by atoms with Crippen LogP contribution < -0.4 is 25.4 Å². The first-order chi connectivity index (χ1) is 17.6. The van der Waals surface area contributed by atoms with Crippen molar-refractivity contribution in [3.05, 3.63) is 63.1 Å². The van der Waals surface area contributed by atoms with E-state index in [0.29, 0.717) is 0 Å². The minimum Gasteiger partial charge on any atom is -0.496 e. The summed E-state index contributed by atoms with van der Waals surface area (Å²) in [5.74, 6) is -5.46. The highest BCUT2D eigenvalue weighted by atomic mass is 32.1. The molecule has 0 atom stereocenters. The average Bonchev–Trinajstić information content (AvgIpc) is 3.29. The first-order valence-electron chi connectivity index (χ1n) is 10.2. The fourth-order valence-electron chi connectivity index (χ4n) is 3.25. The van der Waals surface area contributed by atoms with Crippen LogP contribution in [0.5, 0.6) is 11.5 Å². The van der Waals surface area contributed by atoms with Gasteiger partial charge in [0.25, 0.3) is 0 Å². The standard InChI is InChI=1S/C23H20F3N3O7S/c1-34-16-5-4-11(24)19(26)10(16)8-27-14-7-13(12(25)6-17(14)35-2)28-23(33)29-15-9-37-20(22(32)36-3)18(15)21(30)31/h4-7,9,27H,8H2,1-3H3,(H,30,31)(H2,28,29,33). The second-order valence-corrected chi connectivity index (χ2v) is 8.04. The number of thiophene rings is 1. The maximum Gasteiger partial charge on any atom is 0.349 e. The molecule has 0 radical (unpaired) electrons. The van der Waals surface area contributed by atoms with E-state index in [-0.39, 0.29) is 45.5 Å². The largest absolute Gasteiger partial charge is 0.496 e. The Morgan fingerprint density at radius 1 is 0.919 bits per heavy atom. The van der Waals surface area contributed by atoms with Crippen molar-refractivity contribution in [1.29, 1.82) is 0 Å². The van der Waals surface area contributed by atoms with Crippen LogP contribution in [0.4, 0.5) is 35.0 Å². The Kier molecular flexibility index (Phi) is 8.45. The zero-order valence-corrected chi connectivity index (χ0v) is 20.3. The summed E-state index contributed by atoms with van der Waals surface area (Å²) in [7, 11) is 3.61. The average molecular weight is 539 g/mol. The van der Waals surface area contributed by atoms with Crippen LogP contribution in [0.15, 0.2) is 29.6 Å². The smallest absolute Gasteiger partial charge is 0.349 e. The lowest BCUT2D eigenvalue weighted by Crippen LogP contribution is -2.21. The molecule has 3 rings (SSSR count). The number of hydrogen-bond donors (Lipinski definition) is 4. The van der Waals surface area contributed by atoms with Crippen molar-refractivity contribution in [3.8, 4) is 11.5 Å². The van der Waals surface area contributed by atoms with Crippen molar-refractivity contribution in [3.63, 3.8) is 0 Å². The van der Waals surface area contributed by atoms with Crippen molar-refractivity contribution < 1.29 is 46.9 Å². The molecule has 2 amide bonds. The van der Waals surface area contributed by atoms with Gasteiger partial charge in [-0.25, -0.2) is 27.6 Å². The van der Waals surface area contributed by atoms with Crippen molar-refractivity contribution in [2.75, 3.05) is 37.3 Å². The zero-order valence-electron chi connectivity index (χ0n) is 19.5. The molecule has 4 N–H and O–H groups in total. The SMILES string of the molecule is COC(=O)c1scc(NC(=O)Nc2cc(NCc3c(OC)ccc(F)c3F)c(OC)cc2F)c1C(=O)O. The Labute approximate surface area is 212 Å². The molecule has 0 aliphatic rings. The normalized spacial score (nSPS) is 10.4. The van der Waals surface area contributed by atoms with Gasteiger partial charge in [-0.15, -0.1) is 11.3 Å². The topological polar surface area (TPSA) is 135 Å². The molecule has 0 unspecified atom stereocenters. The molecular weight excluding hydrogens is 519 g/mol. The van der Waals surface area contributed by atoms with Gasteiger partial charge >= 0.3 is 18.0 Å². The minimum atomic E-state index is -1.49. The molecule has 0 spiro atoms. The van der Waals surface area contributed by atoms with E-state index in [1.807, 2.05) is 0 Å². The monoisotopic (exact) mass is 539 g/mol. The number of carbonyl (C=O) groups is 3. The summed E-state index contributed by atoms with van der Waals surface area (Å²) in [5.41, 5.74) is -1.08. The number of nitrogens with one attached hydrogen (secondary N) is 3. The van der Waals surface area contributed by atoms with Gasteiger partial charge < -0.3 is 35.3 Å². The predicted molar refractivity (Wildman–Crippen MR) is 128 cm³/mol. The number of rotatable bonds is 9. The highest BCUT2D eigenvalue weighted by molar-refractivity contribution is 7.13. The van der Waals surface area contributed by atoms with Crippen molar-refractivity contribution >= 4 is 46.4 Å². The summed E-state index contributed by atoms with van der Waals surface area (Å²) in [4.78, 5) is 35.7. The molecule has 1 aromatic heterocycles. The Hall–Kier alpha value is -4.46.